The van der Waals surface area contributed by atoms with Gasteiger partial charge in [-0.05, 0) is 25.5 Å². The Hall–Kier alpha value is -1.73. The summed E-state index contributed by atoms with van der Waals surface area (Å²) in [5, 5.41) is 6.77. The largest absolute Gasteiger partial charge is 0.290 e. The van der Waals surface area contributed by atoms with Gasteiger partial charge in [0.05, 0.1) is 17.9 Å². The van der Waals surface area contributed by atoms with Crippen LogP contribution in [0.4, 0.5) is 4.39 Å². The maximum Gasteiger partial charge on any atom is 0.178 e. The Morgan fingerprint density at radius 1 is 1.35 bits per heavy atom. The Morgan fingerprint density at radius 2 is 2.13 bits per heavy atom. The van der Waals surface area contributed by atoms with E-state index in [0.717, 1.165) is 25.8 Å². The molecule has 3 rings (SSSR count). The van der Waals surface area contributed by atoms with Gasteiger partial charge in [0.15, 0.2) is 9.84 Å². The number of aromatic nitrogens is 2. The van der Waals surface area contributed by atoms with Gasteiger partial charge in [0, 0.05) is 18.4 Å². The first-order valence-electron chi connectivity index (χ1n) is 7.67. The van der Waals surface area contributed by atoms with Crippen molar-refractivity contribution in [3.63, 3.8) is 0 Å². The SMILES string of the molecule is CS(=O)(=O)c1cn[nH]c1C1CCCCN1Cc1ccccc1F. The monoisotopic (exact) mass is 337 g/mol. The Balaban J connectivity index is 1.91. The fourth-order valence-corrected chi connectivity index (χ4v) is 4.00. The molecule has 7 heteroatoms. The van der Waals surface area contributed by atoms with E-state index in [4.69, 9.17) is 0 Å². The molecule has 5 nitrogen and oxygen atoms in total. The minimum absolute atomic E-state index is 0.0874. The van der Waals surface area contributed by atoms with Crippen molar-refractivity contribution in [2.45, 2.75) is 36.7 Å². The second kappa shape index (κ2) is 6.41. The molecule has 124 valence electrons. The molecule has 1 saturated heterocycles. The highest BCUT2D eigenvalue weighted by molar-refractivity contribution is 7.90. The summed E-state index contributed by atoms with van der Waals surface area (Å²) in [5.41, 5.74) is 1.24. The molecule has 1 atom stereocenters. The van der Waals surface area contributed by atoms with Gasteiger partial charge in [0.25, 0.3) is 0 Å². The molecule has 2 heterocycles. The summed E-state index contributed by atoms with van der Waals surface area (Å²) in [7, 11) is -3.34. The van der Waals surface area contributed by atoms with E-state index in [2.05, 4.69) is 15.1 Å². The molecule has 23 heavy (non-hydrogen) atoms. The van der Waals surface area contributed by atoms with Gasteiger partial charge < -0.3 is 0 Å². The summed E-state index contributed by atoms with van der Waals surface area (Å²) in [5.74, 6) is -0.232. The van der Waals surface area contributed by atoms with Gasteiger partial charge >= 0.3 is 0 Å². The number of likely N-dealkylation sites (tertiary alicyclic amines) is 1. The Labute approximate surface area is 135 Å². The molecule has 0 radical (unpaired) electrons. The van der Waals surface area contributed by atoms with Crippen LogP contribution in [0.25, 0.3) is 0 Å². The van der Waals surface area contributed by atoms with Gasteiger partial charge in [-0.25, -0.2) is 12.8 Å². The molecule has 2 aromatic rings. The Morgan fingerprint density at radius 3 is 2.87 bits per heavy atom. The number of sulfone groups is 1. The number of halogens is 1. The van der Waals surface area contributed by atoms with Crippen molar-refractivity contribution in [2.75, 3.05) is 12.8 Å². The van der Waals surface area contributed by atoms with Crippen LogP contribution in [0, 0.1) is 5.82 Å². The van der Waals surface area contributed by atoms with E-state index < -0.39 is 9.84 Å². The molecular weight excluding hydrogens is 317 g/mol. The number of piperidine rings is 1. The van der Waals surface area contributed by atoms with E-state index in [1.165, 1.54) is 18.5 Å². The number of nitrogens with one attached hydrogen (secondary N) is 1. The zero-order valence-electron chi connectivity index (χ0n) is 13.0. The van der Waals surface area contributed by atoms with Gasteiger partial charge in [-0.1, -0.05) is 24.6 Å². The molecule has 1 aliphatic rings. The van der Waals surface area contributed by atoms with Crippen LogP contribution >= 0.6 is 0 Å². The molecule has 0 bridgehead atoms. The molecule has 0 aliphatic carbocycles. The van der Waals surface area contributed by atoms with Gasteiger partial charge in [-0.2, -0.15) is 5.10 Å². The molecule has 1 unspecified atom stereocenters. The maximum absolute atomic E-state index is 13.9. The third-order valence-corrected chi connectivity index (χ3v) is 5.43. The highest BCUT2D eigenvalue weighted by Gasteiger charge is 2.30. The molecule has 1 aromatic carbocycles. The lowest BCUT2D eigenvalue weighted by Gasteiger charge is -2.35. The molecule has 0 spiro atoms. The van der Waals surface area contributed by atoms with Crippen LogP contribution in [0.3, 0.4) is 0 Å². The van der Waals surface area contributed by atoms with Crippen molar-refractivity contribution >= 4 is 9.84 Å². The first-order valence-corrected chi connectivity index (χ1v) is 9.57. The second-order valence-electron chi connectivity index (χ2n) is 5.99. The Kier molecular flexibility index (Phi) is 4.50. The molecule has 0 amide bonds. The topological polar surface area (TPSA) is 66.1 Å². The zero-order valence-corrected chi connectivity index (χ0v) is 13.8. The summed E-state index contributed by atoms with van der Waals surface area (Å²) in [6.45, 7) is 1.26. The van der Waals surface area contributed by atoms with Gasteiger partial charge in [0.2, 0.25) is 0 Å². The van der Waals surface area contributed by atoms with Crippen LogP contribution in [0.2, 0.25) is 0 Å². The molecule has 1 aliphatic heterocycles. The van der Waals surface area contributed by atoms with E-state index in [0.29, 0.717) is 17.8 Å². The van der Waals surface area contributed by atoms with Crippen LogP contribution < -0.4 is 0 Å². The molecule has 1 aromatic heterocycles. The standard InChI is InChI=1S/C16H20FN3O2S/c1-23(21,22)15-10-18-19-16(15)14-8-4-5-9-20(14)11-12-6-2-3-7-13(12)17/h2-3,6-7,10,14H,4-5,8-9,11H2,1H3,(H,18,19). The maximum atomic E-state index is 13.9. The first kappa shape index (κ1) is 16.1. The lowest BCUT2D eigenvalue weighted by atomic mass is 9.98. The minimum Gasteiger partial charge on any atom is -0.290 e. The lowest BCUT2D eigenvalue weighted by Crippen LogP contribution is -2.34. The smallest absolute Gasteiger partial charge is 0.178 e. The number of benzene rings is 1. The lowest BCUT2D eigenvalue weighted by molar-refractivity contribution is 0.133. The third kappa shape index (κ3) is 3.45. The van der Waals surface area contributed by atoms with Gasteiger partial charge in [-0.15, -0.1) is 0 Å². The van der Waals surface area contributed by atoms with Crippen molar-refractivity contribution in [1.29, 1.82) is 0 Å². The highest BCUT2D eigenvalue weighted by Crippen LogP contribution is 2.34. The van der Waals surface area contributed by atoms with Crippen LogP contribution in [-0.4, -0.2) is 36.3 Å². The van der Waals surface area contributed by atoms with Crippen LogP contribution in [-0.2, 0) is 16.4 Å². The van der Waals surface area contributed by atoms with Crippen LogP contribution in [0.15, 0.2) is 35.4 Å². The molecule has 1 N–H and O–H groups in total. The minimum atomic E-state index is -3.34. The quantitative estimate of drug-likeness (QED) is 0.931. The number of nitrogens with zero attached hydrogens (tertiary/aromatic N) is 2. The van der Waals surface area contributed by atoms with Gasteiger partial charge in [0.1, 0.15) is 10.7 Å². The zero-order chi connectivity index (χ0) is 16.4. The van der Waals surface area contributed by atoms with E-state index in [1.807, 2.05) is 6.07 Å². The molecular formula is C16H20FN3O2S. The molecule has 1 fully saturated rings. The fourth-order valence-electron chi connectivity index (χ4n) is 3.17. The van der Waals surface area contributed by atoms with Crippen molar-refractivity contribution in [3.8, 4) is 0 Å². The number of hydrogen-bond donors (Lipinski definition) is 1. The van der Waals surface area contributed by atoms with Crippen molar-refractivity contribution in [2.24, 2.45) is 0 Å². The van der Waals surface area contributed by atoms with Crippen molar-refractivity contribution in [3.05, 3.63) is 47.5 Å². The van der Waals surface area contributed by atoms with Gasteiger partial charge in [-0.3, -0.25) is 10.00 Å². The van der Waals surface area contributed by atoms with Crippen molar-refractivity contribution < 1.29 is 12.8 Å². The van der Waals surface area contributed by atoms with Crippen LogP contribution in [0.1, 0.15) is 36.6 Å². The summed E-state index contributed by atoms with van der Waals surface area (Å²) in [4.78, 5) is 2.37. The third-order valence-electron chi connectivity index (χ3n) is 4.31. The number of hydrogen-bond acceptors (Lipinski definition) is 4. The average Bonchev–Trinajstić information content (AvgIpc) is 3.00. The number of rotatable bonds is 4. The Bertz CT molecular complexity index is 788. The van der Waals surface area contributed by atoms with E-state index in [-0.39, 0.29) is 16.8 Å². The second-order valence-corrected chi connectivity index (χ2v) is 7.98. The number of H-pyrrole nitrogens is 1. The number of aromatic amines is 1. The summed E-state index contributed by atoms with van der Waals surface area (Å²) < 4.78 is 37.8. The van der Waals surface area contributed by atoms with Crippen LogP contribution in [0.5, 0.6) is 0 Å². The normalized spacial score (nSPS) is 19.8. The fraction of sp³-hybridized carbons (Fsp3) is 0.438. The average molecular weight is 337 g/mol. The summed E-state index contributed by atoms with van der Waals surface area (Å²) in [6, 6.07) is 6.62. The van der Waals surface area contributed by atoms with E-state index in [9.17, 15) is 12.8 Å². The predicted molar refractivity (Wildman–Crippen MR) is 85.1 cm³/mol. The summed E-state index contributed by atoms with van der Waals surface area (Å²) >= 11 is 0. The first-order chi connectivity index (χ1) is 11.0. The predicted octanol–water partition coefficient (Wildman–Crippen LogP) is 2.68. The molecule has 0 saturated carbocycles. The van der Waals surface area contributed by atoms with E-state index >= 15 is 0 Å². The van der Waals surface area contributed by atoms with E-state index in [1.54, 1.807) is 12.1 Å². The van der Waals surface area contributed by atoms with Crippen molar-refractivity contribution in [1.82, 2.24) is 15.1 Å². The highest BCUT2D eigenvalue weighted by atomic mass is 32.2. The summed E-state index contributed by atoms with van der Waals surface area (Å²) in [6.07, 6.45) is 5.42.